The quantitative estimate of drug-likeness (QED) is 0.790. The van der Waals surface area contributed by atoms with E-state index in [4.69, 9.17) is 5.26 Å². The summed E-state index contributed by atoms with van der Waals surface area (Å²) in [5, 5.41) is 11.1. The van der Waals surface area contributed by atoms with Crippen molar-refractivity contribution in [2.75, 3.05) is 13.1 Å². The molecular weight excluding hydrogens is 256 g/mol. The van der Waals surface area contributed by atoms with Gasteiger partial charge >= 0.3 is 0 Å². The lowest BCUT2D eigenvalue weighted by Crippen LogP contribution is -2.42. The van der Waals surface area contributed by atoms with Crippen LogP contribution in [0, 0.1) is 17.2 Å². The lowest BCUT2D eigenvalue weighted by molar-refractivity contribution is -0.134. The van der Waals surface area contributed by atoms with E-state index in [1.807, 2.05) is 4.90 Å². The van der Waals surface area contributed by atoms with Gasteiger partial charge in [0, 0.05) is 18.0 Å². The highest BCUT2D eigenvalue weighted by atomic mass is 32.1. The minimum atomic E-state index is 0.0308. The van der Waals surface area contributed by atoms with Crippen LogP contribution in [0.2, 0.25) is 0 Å². The van der Waals surface area contributed by atoms with Crippen molar-refractivity contribution in [1.82, 2.24) is 4.90 Å². The second kappa shape index (κ2) is 5.34. The predicted molar refractivity (Wildman–Crippen MR) is 74.9 cm³/mol. The largest absolute Gasteiger partial charge is 0.341 e. The summed E-state index contributed by atoms with van der Waals surface area (Å²) >= 11 is 1.78. The van der Waals surface area contributed by atoms with Gasteiger partial charge < -0.3 is 4.90 Å². The van der Waals surface area contributed by atoms with Crippen molar-refractivity contribution in [2.24, 2.45) is 5.92 Å². The zero-order valence-corrected chi connectivity index (χ0v) is 11.8. The van der Waals surface area contributed by atoms with Gasteiger partial charge in [-0.1, -0.05) is 0 Å². The van der Waals surface area contributed by atoms with Crippen LogP contribution in [0.25, 0.3) is 0 Å². The van der Waals surface area contributed by atoms with Crippen LogP contribution in [0.15, 0.2) is 11.4 Å². The van der Waals surface area contributed by atoms with Crippen LogP contribution in [0.1, 0.15) is 42.0 Å². The van der Waals surface area contributed by atoms with Crippen LogP contribution in [0.4, 0.5) is 0 Å². The van der Waals surface area contributed by atoms with Crippen LogP contribution < -0.4 is 0 Å². The Hall–Kier alpha value is -1.34. The molecule has 0 N–H and O–H groups in total. The molecule has 1 amide bonds. The number of nitrogens with zero attached hydrogens (tertiary/aromatic N) is 2. The second-order valence-corrected chi connectivity index (χ2v) is 6.50. The summed E-state index contributed by atoms with van der Waals surface area (Å²) in [7, 11) is 0. The number of carbonyl (C=O) groups excluding carboxylic acids is 1. The maximum atomic E-state index is 12.7. The number of piperidine rings is 1. The van der Waals surface area contributed by atoms with Crippen LogP contribution in [0.5, 0.6) is 0 Å². The van der Waals surface area contributed by atoms with Crippen molar-refractivity contribution in [3.05, 3.63) is 21.9 Å². The highest BCUT2D eigenvalue weighted by Crippen LogP contribution is 2.36. The highest BCUT2D eigenvalue weighted by Gasteiger charge is 2.32. The molecule has 2 atom stereocenters. The molecule has 100 valence electrons. The molecule has 2 unspecified atom stereocenters. The Kier molecular flexibility index (Phi) is 3.56. The highest BCUT2D eigenvalue weighted by molar-refractivity contribution is 7.10. The van der Waals surface area contributed by atoms with Gasteiger partial charge in [0.25, 0.3) is 0 Å². The Labute approximate surface area is 117 Å². The van der Waals surface area contributed by atoms with Crippen molar-refractivity contribution in [3.63, 3.8) is 0 Å². The molecule has 1 aliphatic heterocycles. The lowest BCUT2D eigenvalue weighted by Gasteiger charge is -2.33. The molecule has 0 bridgehead atoms. The molecule has 3 rings (SSSR count). The number of aryl methyl sites for hydroxylation is 1. The number of fused-ring (bicyclic) bond motifs is 1. The van der Waals surface area contributed by atoms with E-state index in [2.05, 4.69) is 17.5 Å². The monoisotopic (exact) mass is 274 g/mol. The second-order valence-electron chi connectivity index (χ2n) is 5.50. The molecule has 1 saturated heterocycles. The predicted octanol–water partition coefficient (Wildman–Crippen LogP) is 2.93. The maximum absolute atomic E-state index is 12.7. The summed E-state index contributed by atoms with van der Waals surface area (Å²) in [6.07, 6.45) is 5.11. The molecular formula is C15H18N2OS. The average molecular weight is 274 g/mol. The van der Waals surface area contributed by atoms with Crippen molar-refractivity contribution in [1.29, 1.82) is 5.26 Å². The third kappa shape index (κ3) is 2.40. The van der Waals surface area contributed by atoms with Gasteiger partial charge in [-0.05, 0) is 49.1 Å². The van der Waals surface area contributed by atoms with Crippen LogP contribution in [0.3, 0.4) is 0 Å². The fraction of sp³-hybridized carbons (Fsp3) is 0.600. The Balaban J connectivity index is 1.77. The minimum Gasteiger partial charge on any atom is -0.341 e. The van der Waals surface area contributed by atoms with Gasteiger partial charge in [0.15, 0.2) is 0 Å². The smallest absolute Gasteiger partial charge is 0.230 e. The van der Waals surface area contributed by atoms with Gasteiger partial charge in [0.1, 0.15) is 0 Å². The molecule has 19 heavy (non-hydrogen) atoms. The Morgan fingerprint density at radius 2 is 2.32 bits per heavy atom. The van der Waals surface area contributed by atoms with Crippen LogP contribution >= 0.6 is 11.3 Å². The number of amides is 1. The van der Waals surface area contributed by atoms with E-state index in [0.717, 1.165) is 38.6 Å². The summed E-state index contributed by atoms with van der Waals surface area (Å²) in [6, 6.07) is 4.43. The maximum Gasteiger partial charge on any atom is 0.230 e. The van der Waals surface area contributed by atoms with Crippen molar-refractivity contribution in [2.45, 2.75) is 38.0 Å². The molecule has 0 radical (unpaired) electrons. The van der Waals surface area contributed by atoms with Gasteiger partial charge in [-0.3, -0.25) is 4.79 Å². The van der Waals surface area contributed by atoms with E-state index in [1.165, 1.54) is 10.4 Å². The van der Waals surface area contributed by atoms with Gasteiger partial charge in [0.05, 0.1) is 17.9 Å². The number of carbonyl (C=O) groups is 1. The SMILES string of the molecule is N#CC1CCCN(C(=O)C2CCCc3sccc32)C1. The standard InChI is InChI=1S/C15H18N2OS/c16-9-11-3-2-7-17(10-11)15(18)13-4-1-5-14-12(13)6-8-19-14/h6,8,11,13H,1-5,7,10H2. The van der Waals surface area contributed by atoms with Crippen molar-refractivity contribution < 1.29 is 4.79 Å². The molecule has 1 aliphatic carbocycles. The fourth-order valence-electron chi connectivity index (χ4n) is 3.25. The zero-order valence-electron chi connectivity index (χ0n) is 11.0. The Bertz CT molecular complexity index is 516. The molecule has 0 saturated carbocycles. The summed E-state index contributed by atoms with van der Waals surface area (Å²) in [4.78, 5) is 16.0. The molecule has 0 spiro atoms. The molecule has 2 aliphatic rings. The average Bonchev–Trinajstić information content (AvgIpc) is 2.95. The normalized spacial score (nSPS) is 26.6. The topological polar surface area (TPSA) is 44.1 Å². The number of rotatable bonds is 1. The van der Waals surface area contributed by atoms with E-state index in [-0.39, 0.29) is 17.7 Å². The van der Waals surface area contributed by atoms with Gasteiger partial charge in [0.2, 0.25) is 5.91 Å². The number of likely N-dealkylation sites (tertiary alicyclic amines) is 1. The zero-order chi connectivity index (χ0) is 13.2. The van der Waals surface area contributed by atoms with Crippen LogP contribution in [-0.2, 0) is 11.2 Å². The summed E-state index contributed by atoms with van der Waals surface area (Å²) in [5.41, 5.74) is 1.25. The molecule has 3 nitrogen and oxygen atoms in total. The third-order valence-corrected chi connectivity index (χ3v) is 5.26. The van der Waals surface area contributed by atoms with E-state index < -0.39 is 0 Å². The van der Waals surface area contributed by atoms with Gasteiger partial charge in [-0.25, -0.2) is 0 Å². The molecule has 2 heterocycles. The first-order valence-electron chi connectivity index (χ1n) is 7.04. The van der Waals surface area contributed by atoms with Crippen molar-refractivity contribution >= 4 is 17.2 Å². The Morgan fingerprint density at radius 3 is 3.16 bits per heavy atom. The Morgan fingerprint density at radius 1 is 1.42 bits per heavy atom. The summed E-state index contributed by atoms with van der Waals surface area (Å²) in [5.74, 6) is 0.329. The molecule has 4 heteroatoms. The van der Waals surface area contributed by atoms with E-state index in [9.17, 15) is 4.79 Å². The number of hydrogen-bond donors (Lipinski definition) is 0. The molecule has 0 aromatic carbocycles. The van der Waals surface area contributed by atoms with E-state index in [0.29, 0.717) is 6.54 Å². The summed E-state index contributed by atoms with van der Waals surface area (Å²) < 4.78 is 0. The fourth-order valence-corrected chi connectivity index (χ4v) is 4.23. The van der Waals surface area contributed by atoms with Crippen LogP contribution in [-0.4, -0.2) is 23.9 Å². The first-order valence-corrected chi connectivity index (χ1v) is 7.92. The molecule has 1 fully saturated rings. The lowest BCUT2D eigenvalue weighted by atomic mass is 9.86. The number of nitriles is 1. The first-order chi connectivity index (χ1) is 9.29. The summed E-state index contributed by atoms with van der Waals surface area (Å²) in [6.45, 7) is 1.46. The number of hydrogen-bond acceptors (Lipinski definition) is 3. The third-order valence-electron chi connectivity index (χ3n) is 4.27. The van der Waals surface area contributed by atoms with Gasteiger partial charge in [-0.2, -0.15) is 5.26 Å². The van der Waals surface area contributed by atoms with E-state index >= 15 is 0 Å². The number of thiophene rings is 1. The minimum absolute atomic E-state index is 0.0308. The molecule has 1 aromatic rings. The van der Waals surface area contributed by atoms with Crippen molar-refractivity contribution in [3.8, 4) is 6.07 Å². The first kappa shape index (κ1) is 12.7. The van der Waals surface area contributed by atoms with Gasteiger partial charge in [-0.15, -0.1) is 11.3 Å². The molecule has 1 aromatic heterocycles. The van der Waals surface area contributed by atoms with E-state index in [1.54, 1.807) is 11.3 Å².